The van der Waals surface area contributed by atoms with E-state index in [4.69, 9.17) is 14.3 Å². The molecule has 1 aromatic heterocycles. The number of carbonyl (C=O) groups excluding carboxylic acids is 2. The highest BCUT2D eigenvalue weighted by Crippen LogP contribution is 2.28. The fourth-order valence-electron chi connectivity index (χ4n) is 3.33. The zero-order valence-corrected chi connectivity index (χ0v) is 19.8. The number of aromatic nitrogens is 1. The highest BCUT2D eigenvalue weighted by atomic mass is 16.7. The molecule has 2 N–H and O–H groups in total. The minimum atomic E-state index is -0.648. The lowest BCUT2D eigenvalue weighted by molar-refractivity contribution is -0.148. The number of hydrogen-bond donors (Lipinski definition) is 2. The lowest BCUT2D eigenvalue weighted by Crippen LogP contribution is -2.42. The molecular weight excluding hydrogens is 450 g/mol. The van der Waals surface area contributed by atoms with Gasteiger partial charge in [0.05, 0.1) is 24.4 Å². The van der Waals surface area contributed by atoms with E-state index in [-0.39, 0.29) is 25.7 Å². The van der Waals surface area contributed by atoms with Crippen LogP contribution in [0.2, 0.25) is 0 Å². The third kappa shape index (κ3) is 6.66. The van der Waals surface area contributed by atoms with Gasteiger partial charge < -0.3 is 14.8 Å². The molecule has 10 nitrogen and oxygen atoms in total. The van der Waals surface area contributed by atoms with Gasteiger partial charge in [0.1, 0.15) is 24.4 Å². The summed E-state index contributed by atoms with van der Waals surface area (Å²) in [6, 6.07) is 16.8. The summed E-state index contributed by atoms with van der Waals surface area (Å²) in [5.41, 5.74) is 5.79. The molecule has 0 spiro atoms. The number of benzene rings is 2. The summed E-state index contributed by atoms with van der Waals surface area (Å²) in [7, 11) is 1.41. The van der Waals surface area contributed by atoms with E-state index in [1.165, 1.54) is 12.3 Å². The number of fused-ring (bicyclic) bond motifs is 1. The van der Waals surface area contributed by atoms with E-state index in [2.05, 4.69) is 21.8 Å². The van der Waals surface area contributed by atoms with Gasteiger partial charge in [0.15, 0.2) is 6.61 Å². The standard InChI is InChI=1S/C25H27N5O5/c1-4-27-23(31)16-35-24(32)14-28-30(33-3)21-9-5-8-19(13-26)20(21)15-34-22-10-6-7-18-12-11-17(2)29-25(18)22/h5-12,28H,4,14-16H2,1-3H3,(H,27,31). The van der Waals surface area contributed by atoms with Gasteiger partial charge in [0.25, 0.3) is 5.91 Å². The molecule has 0 aliphatic carbocycles. The van der Waals surface area contributed by atoms with Crippen LogP contribution in [0.5, 0.6) is 5.75 Å². The molecule has 0 bridgehead atoms. The van der Waals surface area contributed by atoms with Crippen LogP contribution in [0.1, 0.15) is 23.7 Å². The Bertz CT molecular complexity index is 1240. The summed E-state index contributed by atoms with van der Waals surface area (Å²) in [6.07, 6.45) is 0. The largest absolute Gasteiger partial charge is 0.486 e. The van der Waals surface area contributed by atoms with Crippen molar-refractivity contribution < 1.29 is 23.9 Å². The maximum absolute atomic E-state index is 12.0. The number of hydrogen-bond acceptors (Lipinski definition) is 9. The van der Waals surface area contributed by atoms with Crippen LogP contribution in [0.3, 0.4) is 0 Å². The van der Waals surface area contributed by atoms with Crippen LogP contribution in [0.25, 0.3) is 10.9 Å². The molecule has 1 amide bonds. The van der Waals surface area contributed by atoms with Gasteiger partial charge in [-0.3, -0.25) is 14.4 Å². The lowest BCUT2D eigenvalue weighted by atomic mass is 10.1. The summed E-state index contributed by atoms with van der Waals surface area (Å²) in [5.74, 6) is -0.454. The second-order valence-electron chi connectivity index (χ2n) is 7.41. The van der Waals surface area contributed by atoms with Gasteiger partial charge in [-0.2, -0.15) is 15.9 Å². The van der Waals surface area contributed by atoms with E-state index in [1.54, 1.807) is 25.1 Å². The van der Waals surface area contributed by atoms with Crippen LogP contribution in [-0.2, 0) is 25.8 Å². The monoisotopic (exact) mass is 477 g/mol. The number of aryl methyl sites for hydroxylation is 1. The number of para-hydroxylation sites is 1. The molecule has 182 valence electrons. The summed E-state index contributed by atoms with van der Waals surface area (Å²) in [4.78, 5) is 33.5. The van der Waals surface area contributed by atoms with E-state index in [1.807, 2.05) is 37.3 Å². The van der Waals surface area contributed by atoms with Crippen molar-refractivity contribution in [3.8, 4) is 11.8 Å². The number of nitriles is 1. The molecule has 3 rings (SSSR count). The van der Waals surface area contributed by atoms with Gasteiger partial charge in [0, 0.05) is 23.2 Å². The maximum Gasteiger partial charge on any atom is 0.322 e. The molecule has 2 aromatic carbocycles. The van der Waals surface area contributed by atoms with Gasteiger partial charge in [-0.05, 0) is 38.1 Å². The molecule has 0 saturated heterocycles. The normalized spacial score (nSPS) is 10.5. The smallest absolute Gasteiger partial charge is 0.322 e. The Kier molecular flexibility index (Phi) is 8.95. The molecule has 10 heteroatoms. The molecule has 1 heterocycles. The number of likely N-dealkylation sites (N-methyl/N-ethyl adjacent to an activating group) is 1. The van der Waals surface area contributed by atoms with E-state index < -0.39 is 5.97 Å². The Balaban J connectivity index is 1.76. The van der Waals surface area contributed by atoms with E-state index >= 15 is 0 Å². The fraction of sp³-hybridized carbons (Fsp3) is 0.280. The van der Waals surface area contributed by atoms with Crippen LogP contribution >= 0.6 is 0 Å². The number of hydrazine groups is 1. The first-order chi connectivity index (χ1) is 17.0. The van der Waals surface area contributed by atoms with Gasteiger partial charge >= 0.3 is 5.97 Å². The van der Waals surface area contributed by atoms with Crippen molar-refractivity contribution in [3.63, 3.8) is 0 Å². The zero-order valence-electron chi connectivity index (χ0n) is 19.8. The van der Waals surface area contributed by atoms with Crippen molar-refractivity contribution in [1.29, 1.82) is 5.26 Å². The molecule has 3 aromatic rings. The summed E-state index contributed by atoms with van der Waals surface area (Å²) >= 11 is 0. The first kappa shape index (κ1) is 25.4. The number of amides is 1. The quantitative estimate of drug-likeness (QED) is 0.316. The molecular formula is C25H27N5O5. The SMILES string of the molecule is CCNC(=O)COC(=O)CNN(OC)c1cccc(C#N)c1COc1cccc2ccc(C)nc12. The Morgan fingerprint density at radius 2 is 1.94 bits per heavy atom. The molecule has 0 aliphatic rings. The van der Waals surface area contributed by atoms with Crippen LogP contribution in [0, 0.1) is 18.3 Å². The molecule has 35 heavy (non-hydrogen) atoms. The topological polar surface area (TPSA) is 126 Å². The molecule has 0 atom stereocenters. The second kappa shape index (κ2) is 12.3. The van der Waals surface area contributed by atoms with Gasteiger partial charge in [-0.1, -0.05) is 24.3 Å². The van der Waals surface area contributed by atoms with Crippen molar-refractivity contribution in [3.05, 3.63) is 65.4 Å². The number of esters is 1. The van der Waals surface area contributed by atoms with Crippen LogP contribution < -0.4 is 20.7 Å². The zero-order chi connectivity index (χ0) is 25.2. The number of carbonyl (C=O) groups is 2. The molecule has 0 saturated carbocycles. The highest BCUT2D eigenvalue weighted by molar-refractivity contribution is 5.84. The number of ether oxygens (including phenoxy) is 2. The Morgan fingerprint density at radius 1 is 1.14 bits per heavy atom. The minimum absolute atomic E-state index is 0.0526. The van der Waals surface area contributed by atoms with Gasteiger partial charge in [0.2, 0.25) is 0 Å². The van der Waals surface area contributed by atoms with Gasteiger partial charge in [-0.15, -0.1) is 0 Å². The first-order valence-electron chi connectivity index (χ1n) is 11.0. The summed E-state index contributed by atoms with van der Waals surface area (Å²) in [5, 5.41) is 14.4. The van der Waals surface area contributed by atoms with Crippen molar-refractivity contribution >= 4 is 28.5 Å². The number of rotatable bonds is 11. The third-order valence-electron chi connectivity index (χ3n) is 4.97. The number of anilines is 1. The number of pyridine rings is 1. The average molecular weight is 478 g/mol. The Labute approximate surface area is 203 Å². The number of nitrogens with zero attached hydrogens (tertiary/aromatic N) is 3. The minimum Gasteiger partial charge on any atom is -0.486 e. The lowest BCUT2D eigenvalue weighted by Gasteiger charge is -2.25. The number of nitrogens with one attached hydrogen (secondary N) is 2. The highest BCUT2D eigenvalue weighted by Gasteiger charge is 2.18. The average Bonchev–Trinajstić information content (AvgIpc) is 2.87. The van der Waals surface area contributed by atoms with E-state index in [0.29, 0.717) is 29.1 Å². The van der Waals surface area contributed by atoms with E-state index in [0.717, 1.165) is 16.6 Å². The summed E-state index contributed by atoms with van der Waals surface area (Å²) < 4.78 is 11.0. The Hall–Kier alpha value is -4.20. The van der Waals surface area contributed by atoms with Crippen molar-refractivity contribution in [1.82, 2.24) is 15.7 Å². The predicted molar refractivity (Wildman–Crippen MR) is 129 cm³/mol. The van der Waals surface area contributed by atoms with Crippen molar-refractivity contribution in [2.45, 2.75) is 20.5 Å². The van der Waals surface area contributed by atoms with Crippen LogP contribution in [-0.4, -0.2) is 43.7 Å². The van der Waals surface area contributed by atoms with Crippen molar-refractivity contribution in [2.75, 3.05) is 32.0 Å². The first-order valence-corrected chi connectivity index (χ1v) is 11.0. The molecule has 0 unspecified atom stereocenters. The predicted octanol–water partition coefficient (Wildman–Crippen LogP) is 2.55. The maximum atomic E-state index is 12.0. The summed E-state index contributed by atoms with van der Waals surface area (Å²) in [6.45, 7) is 3.53. The Morgan fingerprint density at radius 3 is 2.69 bits per heavy atom. The van der Waals surface area contributed by atoms with Crippen LogP contribution in [0.15, 0.2) is 48.5 Å². The van der Waals surface area contributed by atoms with Crippen LogP contribution in [0.4, 0.5) is 5.69 Å². The third-order valence-corrected chi connectivity index (χ3v) is 4.97. The van der Waals surface area contributed by atoms with Gasteiger partial charge in [-0.25, -0.2) is 4.98 Å². The molecule has 0 radical (unpaired) electrons. The van der Waals surface area contributed by atoms with E-state index in [9.17, 15) is 14.9 Å². The molecule has 0 fully saturated rings. The fourth-order valence-corrected chi connectivity index (χ4v) is 3.33. The molecule has 0 aliphatic heterocycles. The van der Waals surface area contributed by atoms with Crippen molar-refractivity contribution in [2.24, 2.45) is 0 Å². The second-order valence-corrected chi connectivity index (χ2v) is 7.41.